The van der Waals surface area contributed by atoms with E-state index in [1.54, 1.807) is 7.11 Å². The third-order valence-electron chi connectivity index (χ3n) is 3.62. The zero-order chi connectivity index (χ0) is 17.6. The van der Waals surface area contributed by atoms with Crippen LogP contribution in [0, 0.1) is 0 Å². The van der Waals surface area contributed by atoms with Gasteiger partial charge in [0.25, 0.3) is 0 Å². The van der Waals surface area contributed by atoms with Crippen molar-refractivity contribution in [3.05, 3.63) is 53.0 Å². The lowest BCUT2D eigenvalue weighted by Gasteiger charge is -2.09. The smallest absolute Gasteiger partial charge is 0.234 e. The number of carbonyl (C=O) groups is 1. The van der Waals surface area contributed by atoms with E-state index in [0.29, 0.717) is 13.2 Å². The van der Waals surface area contributed by atoms with Gasteiger partial charge in [-0.2, -0.15) is 0 Å². The Balaban J connectivity index is 1.72. The molecule has 1 amide bonds. The van der Waals surface area contributed by atoms with E-state index in [2.05, 4.69) is 30.8 Å². The summed E-state index contributed by atoms with van der Waals surface area (Å²) in [5.74, 6) is 0.222. The standard InChI is InChI=1S/C18H18BrN3O2S/c1-24-11-10-22-16-9-5-4-8-15(16)21-18(22)25-12-17(23)20-14-7-3-2-6-13(14)19/h2-9H,10-12H2,1H3,(H,20,23). The van der Waals surface area contributed by atoms with Crippen LogP contribution in [0.3, 0.4) is 0 Å². The summed E-state index contributed by atoms with van der Waals surface area (Å²) in [6, 6.07) is 15.5. The minimum atomic E-state index is -0.0674. The van der Waals surface area contributed by atoms with Crippen LogP contribution in [0.4, 0.5) is 5.69 Å². The number of aromatic nitrogens is 2. The number of hydrogen-bond donors (Lipinski definition) is 1. The number of para-hydroxylation sites is 3. The van der Waals surface area contributed by atoms with Crippen LogP contribution < -0.4 is 5.32 Å². The number of hydrogen-bond acceptors (Lipinski definition) is 4. The van der Waals surface area contributed by atoms with Crippen LogP contribution in [0.25, 0.3) is 11.0 Å². The molecule has 0 aliphatic heterocycles. The summed E-state index contributed by atoms with van der Waals surface area (Å²) in [5, 5.41) is 3.73. The Bertz CT molecular complexity index is 882. The molecule has 3 aromatic rings. The number of methoxy groups -OCH3 is 1. The normalized spacial score (nSPS) is 11.0. The maximum atomic E-state index is 12.3. The Labute approximate surface area is 158 Å². The quantitative estimate of drug-likeness (QED) is 0.583. The van der Waals surface area contributed by atoms with Crippen molar-refractivity contribution < 1.29 is 9.53 Å². The number of fused-ring (bicyclic) bond motifs is 1. The molecule has 1 heterocycles. The van der Waals surface area contributed by atoms with Crippen LogP contribution >= 0.6 is 27.7 Å². The number of carbonyl (C=O) groups excluding carboxylic acids is 1. The van der Waals surface area contributed by atoms with Crippen LogP contribution in [0.2, 0.25) is 0 Å². The maximum Gasteiger partial charge on any atom is 0.234 e. The lowest BCUT2D eigenvalue weighted by molar-refractivity contribution is -0.113. The van der Waals surface area contributed by atoms with Crippen molar-refractivity contribution in [1.29, 1.82) is 0 Å². The highest BCUT2D eigenvalue weighted by Gasteiger charge is 2.13. The van der Waals surface area contributed by atoms with E-state index in [1.165, 1.54) is 11.8 Å². The number of thioether (sulfide) groups is 1. The second kappa shape index (κ2) is 8.51. The number of amides is 1. The summed E-state index contributed by atoms with van der Waals surface area (Å²) in [5.41, 5.74) is 2.74. The Morgan fingerprint density at radius 3 is 2.80 bits per heavy atom. The van der Waals surface area contributed by atoms with Gasteiger partial charge in [0, 0.05) is 18.1 Å². The van der Waals surface area contributed by atoms with E-state index >= 15 is 0 Å². The Morgan fingerprint density at radius 1 is 1.24 bits per heavy atom. The van der Waals surface area contributed by atoms with Crippen molar-refractivity contribution in [2.75, 3.05) is 24.8 Å². The van der Waals surface area contributed by atoms with Gasteiger partial charge < -0.3 is 14.6 Å². The molecule has 0 saturated carbocycles. The molecule has 0 aliphatic carbocycles. The first kappa shape index (κ1) is 18.0. The van der Waals surface area contributed by atoms with Crippen molar-refractivity contribution >= 4 is 50.3 Å². The van der Waals surface area contributed by atoms with Gasteiger partial charge in [0.15, 0.2) is 5.16 Å². The fourth-order valence-electron chi connectivity index (χ4n) is 2.44. The zero-order valence-corrected chi connectivity index (χ0v) is 16.1. The molecule has 0 bridgehead atoms. The fraction of sp³-hybridized carbons (Fsp3) is 0.222. The largest absolute Gasteiger partial charge is 0.383 e. The number of halogens is 1. The highest BCUT2D eigenvalue weighted by molar-refractivity contribution is 9.10. The number of ether oxygens (including phenoxy) is 1. The molecular formula is C18H18BrN3O2S. The van der Waals surface area contributed by atoms with Gasteiger partial charge in [0.1, 0.15) is 0 Å². The number of rotatable bonds is 7. The number of benzene rings is 2. The van der Waals surface area contributed by atoms with E-state index in [1.807, 2.05) is 48.5 Å². The van der Waals surface area contributed by atoms with Gasteiger partial charge >= 0.3 is 0 Å². The third-order valence-corrected chi connectivity index (χ3v) is 5.29. The number of nitrogens with one attached hydrogen (secondary N) is 1. The van der Waals surface area contributed by atoms with Gasteiger partial charge in [-0.3, -0.25) is 4.79 Å². The van der Waals surface area contributed by atoms with E-state index in [9.17, 15) is 4.79 Å². The van der Waals surface area contributed by atoms with E-state index in [0.717, 1.165) is 26.3 Å². The monoisotopic (exact) mass is 419 g/mol. The summed E-state index contributed by atoms with van der Waals surface area (Å²) >= 11 is 4.86. The first-order chi connectivity index (χ1) is 12.2. The summed E-state index contributed by atoms with van der Waals surface area (Å²) in [4.78, 5) is 16.9. The number of imidazole rings is 1. The van der Waals surface area contributed by atoms with Crippen molar-refractivity contribution in [2.24, 2.45) is 0 Å². The van der Waals surface area contributed by atoms with E-state index in [-0.39, 0.29) is 11.7 Å². The molecule has 5 nitrogen and oxygen atoms in total. The average molecular weight is 420 g/mol. The molecule has 0 unspecified atom stereocenters. The minimum absolute atomic E-state index is 0.0674. The lowest BCUT2D eigenvalue weighted by atomic mass is 10.3. The van der Waals surface area contributed by atoms with Crippen LogP contribution in [0.15, 0.2) is 58.2 Å². The van der Waals surface area contributed by atoms with Crippen molar-refractivity contribution in [3.63, 3.8) is 0 Å². The Hall–Kier alpha value is -1.83. The summed E-state index contributed by atoms with van der Waals surface area (Å²) in [6.07, 6.45) is 0. The summed E-state index contributed by atoms with van der Waals surface area (Å²) in [7, 11) is 1.68. The molecule has 0 aliphatic rings. The molecule has 1 aromatic heterocycles. The minimum Gasteiger partial charge on any atom is -0.383 e. The molecule has 25 heavy (non-hydrogen) atoms. The summed E-state index contributed by atoms with van der Waals surface area (Å²) < 4.78 is 8.15. The molecule has 130 valence electrons. The highest BCUT2D eigenvalue weighted by Crippen LogP contribution is 2.25. The molecule has 3 rings (SSSR count). The number of anilines is 1. The van der Waals surface area contributed by atoms with Gasteiger partial charge in [-0.05, 0) is 40.2 Å². The molecular weight excluding hydrogens is 402 g/mol. The molecule has 0 atom stereocenters. The molecule has 1 N–H and O–H groups in total. The maximum absolute atomic E-state index is 12.3. The van der Waals surface area contributed by atoms with Crippen LogP contribution in [0.5, 0.6) is 0 Å². The van der Waals surface area contributed by atoms with E-state index in [4.69, 9.17) is 4.74 Å². The van der Waals surface area contributed by atoms with Gasteiger partial charge in [-0.15, -0.1) is 0 Å². The SMILES string of the molecule is COCCn1c(SCC(=O)Nc2ccccc2Br)nc2ccccc21. The number of nitrogens with zero attached hydrogens (tertiary/aromatic N) is 2. The fourth-order valence-corrected chi connectivity index (χ4v) is 3.67. The molecule has 0 fully saturated rings. The van der Waals surface area contributed by atoms with Crippen molar-refractivity contribution in [3.8, 4) is 0 Å². The Morgan fingerprint density at radius 2 is 2.00 bits per heavy atom. The van der Waals surface area contributed by atoms with Gasteiger partial charge in [-0.1, -0.05) is 36.0 Å². The molecule has 0 radical (unpaired) electrons. The van der Waals surface area contributed by atoms with Crippen LogP contribution in [-0.4, -0.2) is 34.9 Å². The van der Waals surface area contributed by atoms with Crippen molar-refractivity contribution in [1.82, 2.24) is 9.55 Å². The zero-order valence-electron chi connectivity index (χ0n) is 13.7. The predicted molar refractivity (Wildman–Crippen MR) is 105 cm³/mol. The first-order valence-electron chi connectivity index (χ1n) is 7.80. The van der Waals surface area contributed by atoms with Crippen molar-refractivity contribution in [2.45, 2.75) is 11.7 Å². The second-order valence-corrected chi connectivity index (χ2v) is 7.14. The molecule has 7 heteroatoms. The first-order valence-corrected chi connectivity index (χ1v) is 9.58. The molecule has 2 aromatic carbocycles. The van der Waals surface area contributed by atoms with E-state index < -0.39 is 0 Å². The second-order valence-electron chi connectivity index (χ2n) is 5.34. The molecule has 0 saturated heterocycles. The molecule has 0 spiro atoms. The lowest BCUT2D eigenvalue weighted by Crippen LogP contribution is -2.15. The average Bonchev–Trinajstić information content (AvgIpc) is 2.98. The topological polar surface area (TPSA) is 56.1 Å². The van der Waals surface area contributed by atoms with Gasteiger partial charge in [-0.25, -0.2) is 4.98 Å². The van der Waals surface area contributed by atoms with Gasteiger partial charge in [0.2, 0.25) is 5.91 Å². The van der Waals surface area contributed by atoms with Crippen LogP contribution in [-0.2, 0) is 16.1 Å². The van der Waals surface area contributed by atoms with Crippen LogP contribution in [0.1, 0.15) is 0 Å². The highest BCUT2D eigenvalue weighted by atomic mass is 79.9. The van der Waals surface area contributed by atoms with Gasteiger partial charge in [0.05, 0.1) is 29.1 Å². The Kier molecular flexibility index (Phi) is 6.12. The summed E-state index contributed by atoms with van der Waals surface area (Å²) in [6.45, 7) is 1.29. The third kappa shape index (κ3) is 4.42. The predicted octanol–water partition coefficient (Wildman–Crippen LogP) is 4.18.